The van der Waals surface area contributed by atoms with Gasteiger partial charge >= 0.3 is 6.18 Å². The number of rotatable bonds is 3. The first kappa shape index (κ1) is 19.4. The van der Waals surface area contributed by atoms with Crippen LogP contribution in [0.4, 0.5) is 24.5 Å². The van der Waals surface area contributed by atoms with Crippen molar-refractivity contribution < 1.29 is 27.4 Å². The Morgan fingerprint density at radius 3 is 2.55 bits per heavy atom. The zero-order valence-electron chi connectivity index (χ0n) is 15.8. The normalized spacial score (nSPS) is 16.8. The highest BCUT2D eigenvalue weighted by atomic mass is 19.4. The molecule has 0 saturated carbocycles. The highest BCUT2D eigenvalue weighted by molar-refractivity contribution is 6.07. The Bertz CT molecular complexity index is 925. The maximum Gasteiger partial charge on any atom is 0.418 e. The van der Waals surface area contributed by atoms with E-state index in [-0.39, 0.29) is 23.8 Å². The Kier molecular flexibility index (Phi) is 4.99. The Morgan fingerprint density at radius 2 is 1.83 bits per heavy atom. The van der Waals surface area contributed by atoms with Crippen LogP contribution in [0.5, 0.6) is 11.5 Å². The Morgan fingerprint density at radius 1 is 1.07 bits per heavy atom. The minimum Gasteiger partial charge on any atom is -0.454 e. The van der Waals surface area contributed by atoms with E-state index in [0.29, 0.717) is 24.5 Å². The summed E-state index contributed by atoms with van der Waals surface area (Å²) in [6.45, 7) is 2.81. The average Bonchev–Trinajstić information content (AvgIpc) is 3.17. The van der Waals surface area contributed by atoms with Gasteiger partial charge in [0.05, 0.1) is 16.8 Å². The van der Waals surface area contributed by atoms with Crippen molar-refractivity contribution in [3.8, 4) is 11.5 Å². The summed E-state index contributed by atoms with van der Waals surface area (Å²) in [6, 6.07) is 8.69. The molecular formula is C20H20F3N3O3. The summed E-state index contributed by atoms with van der Waals surface area (Å²) in [4.78, 5) is 16.7. The Balaban J connectivity index is 1.62. The van der Waals surface area contributed by atoms with E-state index < -0.39 is 17.6 Å². The second kappa shape index (κ2) is 7.47. The van der Waals surface area contributed by atoms with Gasteiger partial charge in [-0.3, -0.25) is 4.79 Å². The van der Waals surface area contributed by atoms with Crippen molar-refractivity contribution in [2.45, 2.75) is 6.18 Å². The molecule has 1 fully saturated rings. The number of fused-ring (bicyclic) bond motifs is 1. The van der Waals surface area contributed by atoms with E-state index in [1.165, 1.54) is 12.1 Å². The SMILES string of the molecule is CN1CCN(c2ccc(NC(=O)c3cccc4c3OCO4)c(C(F)(F)F)c2)CC1. The molecule has 2 aliphatic rings. The van der Waals surface area contributed by atoms with Gasteiger partial charge < -0.3 is 24.6 Å². The number of amides is 1. The van der Waals surface area contributed by atoms with Crippen molar-refractivity contribution in [1.82, 2.24) is 4.90 Å². The van der Waals surface area contributed by atoms with Crippen LogP contribution in [-0.4, -0.2) is 50.8 Å². The molecule has 0 bridgehead atoms. The lowest BCUT2D eigenvalue weighted by molar-refractivity contribution is -0.136. The quantitative estimate of drug-likeness (QED) is 0.845. The number of ether oxygens (including phenoxy) is 2. The van der Waals surface area contributed by atoms with Gasteiger partial charge in [0.2, 0.25) is 6.79 Å². The summed E-state index contributed by atoms with van der Waals surface area (Å²) in [6.07, 6.45) is -4.61. The number of hydrogen-bond donors (Lipinski definition) is 1. The number of nitrogens with zero attached hydrogens (tertiary/aromatic N) is 2. The lowest BCUT2D eigenvalue weighted by atomic mass is 10.1. The number of halogens is 3. The van der Waals surface area contributed by atoms with E-state index in [0.717, 1.165) is 19.2 Å². The van der Waals surface area contributed by atoms with Gasteiger partial charge in [0.1, 0.15) is 0 Å². The molecule has 2 aromatic carbocycles. The molecule has 9 heteroatoms. The molecule has 2 aromatic rings. The molecular weight excluding hydrogens is 387 g/mol. The molecule has 154 valence electrons. The lowest BCUT2D eigenvalue weighted by Gasteiger charge is -2.34. The van der Waals surface area contributed by atoms with Gasteiger partial charge in [0.15, 0.2) is 11.5 Å². The standard InChI is InChI=1S/C20H20F3N3O3/c1-25-7-9-26(10-8-25)13-5-6-16(15(11-13)20(21,22)23)24-19(27)14-3-2-4-17-18(14)29-12-28-17/h2-6,11H,7-10,12H2,1H3,(H,24,27). The minimum absolute atomic E-state index is 0.0346. The molecule has 29 heavy (non-hydrogen) atoms. The first-order valence-corrected chi connectivity index (χ1v) is 9.17. The summed E-state index contributed by atoms with van der Waals surface area (Å²) >= 11 is 0. The van der Waals surface area contributed by atoms with Crippen LogP contribution in [-0.2, 0) is 6.18 Å². The van der Waals surface area contributed by atoms with Crippen molar-refractivity contribution >= 4 is 17.3 Å². The van der Waals surface area contributed by atoms with E-state index in [1.54, 1.807) is 18.2 Å². The van der Waals surface area contributed by atoms with E-state index >= 15 is 0 Å². The fourth-order valence-corrected chi connectivity index (χ4v) is 3.44. The summed E-state index contributed by atoms with van der Waals surface area (Å²) < 4.78 is 51.6. The van der Waals surface area contributed by atoms with Crippen molar-refractivity contribution in [3.05, 3.63) is 47.5 Å². The molecule has 1 amide bonds. The molecule has 0 radical (unpaired) electrons. The predicted molar refractivity (Wildman–Crippen MR) is 102 cm³/mol. The highest BCUT2D eigenvalue weighted by Crippen LogP contribution is 2.39. The van der Waals surface area contributed by atoms with E-state index in [2.05, 4.69) is 10.2 Å². The Hall–Kier alpha value is -2.94. The molecule has 2 heterocycles. The second-order valence-corrected chi connectivity index (χ2v) is 7.01. The lowest BCUT2D eigenvalue weighted by Crippen LogP contribution is -2.44. The third-order valence-corrected chi connectivity index (χ3v) is 5.07. The van der Waals surface area contributed by atoms with Crippen LogP contribution in [0.2, 0.25) is 0 Å². The van der Waals surface area contributed by atoms with Crippen LogP contribution in [0, 0.1) is 0 Å². The third-order valence-electron chi connectivity index (χ3n) is 5.07. The van der Waals surface area contributed by atoms with Crippen LogP contribution in [0.3, 0.4) is 0 Å². The Labute approximate surface area is 165 Å². The smallest absolute Gasteiger partial charge is 0.418 e. The number of hydrogen-bond acceptors (Lipinski definition) is 5. The number of alkyl halides is 3. The monoisotopic (exact) mass is 407 g/mol. The number of nitrogens with one attached hydrogen (secondary N) is 1. The molecule has 0 spiro atoms. The van der Waals surface area contributed by atoms with E-state index in [4.69, 9.17) is 9.47 Å². The second-order valence-electron chi connectivity index (χ2n) is 7.01. The average molecular weight is 407 g/mol. The number of carbonyl (C=O) groups excluding carboxylic acids is 1. The molecule has 2 aliphatic heterocycles. The first-order valence-electron chi connectivity index (χ1n) is 9.17. The number of anilines is 2. The third kappa shape index (κ3) is 3.95. The largest absolute Gasteiger partial charge is 0.454 e. The van der Waals surface area contributed by atoms with Gasteiger partial charge in [0.25, 0.3) is 5.91 Å². The first-order chi connectivity index (χ1) is 13.8. The fourth-order valence-electron chi connectivity index (χ4n) is 3.44. The van der Waals surface area contributed by atoms with Gasteiger partial charge in [-0.2, -0.15) is 13.2 Å². The fraction of sp³-hybridized carbons (Fsp3) is 0.350. The number of para-hydroxylation sites is 1. The van der Waals surface area contributed by atoms with Gasteiger partial charge in [-0.05, 0) is 37.4 Å². The molecule has 0 unspecified atom stereocenters. The molecule has 1 saturated heterocycles. The maximum absolute atomic E-state index is 13.7. The topological polar surface area (TPSA) is 54.0 Å². The van der Waals surface area contributed by atoms with E-state index in [1.807, 2.05) is 11.9 Å². The molecule has 0 atom stereocenters. The van der Waals surface area contributed by atoms with Gasteiger partial charge in [0, 0.05) is 31.9 Å². The highest BCUT2D eigenvalue weighted by Gasteiger charge is 2.35. The van der Waals surface area contributed by atoms with Crippen LogP contribution in [0.1, 0.15) is 15.9 Å². The van der Waals surface area contributed by atoms with Gasteiger partial charge in [-0.1, -0.05) is 6.07 Å². The van der Waals surface area contributed by atoms with Crippen molar-refractivity contribution in [1.29, 1.82) is 0 Å². The molecule has 0 aromatic heterocycles. The summed E-state index contributed by atoms with van der Waals surface area (Å²) in [5, 5.41) is 2.38. The van der Waals surface area contributed by atoms with Gasteiger partial charge in [-0.15, -0.1) is 0 Å². The van der Waals surface area contributed by atoms with Gasteiger partial charge in [-0.25, -0.2) is 0 Å². The minimum atomic E-state index is -4.61. The zero-order valence-corrected chi connectivity index (χ0v) is 15.8. The van der Waals surface area contributed by atoms with Crippen LogP contribution in [0.15, 0.2) is 36.4 Å². The molecule has 4 rings (SSSR count). The number of likely N-dealkylation sites (N-methyl/N-ethyl adjacent to an activating group) is 1. The van der Waals surface area contributed by atoms with Crippen LogP contribution >= 0.6 is 0 Å². The maximum atomic E-state index is 13.7. The zero-order chi connectivity index (χ0) is 20.6. The number of carbonyl (C=O) groups is 1. The number of piperazine rings is 1. The van der Waals surface area contributed by atoms with Crippen molar-refractivity contribution in [2.75, 3.05) is 50.2 Å². The predicted octanol–water partition coefficient (Wildman–Crippen LogP) is 3.44. The van der Waals surface area contributed by atoms with E-state index in [9.17, 15) is 18.0 Å². The van der Waals surface area contributed by atoms with Crippen molar-refractivity contribution in [2.24, 2.45) is 0 Å². The van der Waals surface area contributed by atoms with Crippen LogP contribution < -0.4 is 19.7 Å². The van der Waals surface area contributed by atoms with Crippen molar-refractivity contribution in [3.63, 3.8) is 0 Å². The number of benzene rings is 2. The molecule has 1 N–H and O–H groups in total. The molecule has 0 aliphatic carbocycles. The molecule has 6 nitrogen and oxygen atoms in total. The van der Waals surface area contributed by atoms with Crippen LogP contribution in [0.25, 0.3) is 0 Å². The summed E-state index contributed by atoms with van der Waals surface area (Å²) in [7, 11) is 1.98. The summed E-state index contributed by atoms with van der Waals surface area (Å²) in [5.74, 6) is -0.0723. The summed E-state index contributed by atoms with van der Waals surface area (Å²) in [5.41, 5.74) is -0.569.